The molecule has 6 unspecified atom stereocenters. The van der Waals surface area contributed by atoms with E-state index in [-0.39, 0.29) is 12.8 Å². The molecule has 52 heavy (non-hydrogen) atoms. The van der Waals surface area contributed by atoms with Crippen molar-refractivity contribution in [3.8, 4) is 0 Å². The van der Waals surface area contributed by atoms with Crippen molar-refractivity contribution < 1.29 is 63.1 Å². The van der Waals surface area contributed by atoms with E-state index in [2.05, 4.69) is 26.0 Å². The number of allylic oxidation sites excluding steroid dienone is 2. The van der Waals surface area contributed by atoms with Crippen LogP contribution >= 0.6 is 7.82 Å². The summed E-state index contributed by atoms with van der Waals surface area (Å²) < 4.78 is 33.3. The van der Waals surface area contributed by atoms with Crippen LogP contribution in [0.25, 0.3) is 0 Å². The van der Waals surface area contributed by atoms with E-state index in [0.717, 1.165) is 57.8 Å². The van der Waals surface area contributed by atoms with Crippen LogP contribution in [-0.2, 0) is 32.7 Å². The van der Waals surface area contributed by atoms with Gasteiger partial charge in [0.2, 0.25) is 0 Å². The lowest BCUT2D eigenvalue weighted by atomic mass is 9.85. The maximum atomic E-state index is 12.7. The average Bonchev–Trinajstić information content (AvgIpc) is 3.12. The molecule has 13 nitrogen and oxygen atoms in total. The highest BCUT2D eigenvalue weighted by Crippen LogP contribution is 2.47. The van der Waals surface area contributed by atoms with E-state index in [9.17, 15) is 44.6 Å². The number of esters is 2. The molecule has 0 aromatic carbocycles. The third kappa shape index (κ3) is 22.7. The molecule has 8 atom stereocenters. The number of carbonyl (C=O) groups excluding carboxylic acids is 2. The monoisotopic (exact) mass is 766 g/mol. The van der Waals surface area contributed by atoms with Gasteiger partial charge in [-0.25, -0.2) is 4.57 Å². The van der Waals surface area contributed by atoms with Crippen LogP contribution in [0.4, 0.5) is 0 Å². The second-order valence-electron chi connectivity index (χ2n) is 14.1. The summed E-state index contributed by atoms with van der Waals surface area (Å²) in [5, 5.41) is 49.9. The highest BCUT2D eigenvalue weighted by Gasteiger charge is 2.51. The number of carbonyl (C=O) groups is 2. The minimum absolute atomic E-state index is 0.0900. The molecule has 1 rings (SSSR count). The molecule has 0 heterocycles. The fourth-order valence-corrected chi connectivity index (χ4v) is 7.02. The van der Waals surface area contributed by atoms with Crippen LogP contribution in [0.3, 0.4) is 0 Å². The van der Waals surface area contributed by atoms with Gasteiger partial charge in [-0.3, -0.25) is 18.6 Å². The first-order chi connectivity index (χ1) is 24.9. The van der Waals surface area contributed by atoms with E-state index >= 15 is 0 Å². The molecule has 1 saturated carbocycles. The van der Waals surface area contributed by atoms with Gasteiger partial charge in [-0.15, -0.1) is 0 Å². The van der Waals surface area contributed by atoms with E-state index in [0.29, 0.717) is 12.8 Å². The number of unbranched alkanes of at least 4 members (excludes halogenated alkanes) is 18. The highest BCUT2D eigenvalue weighted by molar-refractivity contribution is 7.47. The van der Waals surface area contributed by atoms with Crippen LogP contribution in [0.2, 0.25) is 0 Å². The molecule has 306 valence electrons. The first-order valence-electron chi connectivity index (χ1n) is 20.0. The Morgan fingerprint density at radius 3 is 1.46 bits per heavy atom. The standard InChI is InChI=1S/C38H71O13P/c1-3-5-7-9-11-13-14-15-16-17-19-21-23-25-27-32(40)50-30(28-48-31(39)26-24-22-20-18-12-10-8-6-4-2)29-49-52(46,47)51-38-36(44)34(42)33(41)35(43)37(38)45/h14-15,30,33-38,41-45H,3-13,16-29H2,1-2H3,(H,46,47)/b15-14+/t30-,33?,34-,35?,36?,37?,38?/m1/s1. The minimum Gasteiger partial charge on any atom is -0.462 e. The summed E-state index contributed by atoms with van der Waals surface area (Å²) in [6.45, 7) is 3.23. The highest BCUT2D eigenvalue weighted by atomic mass is 31.2. The predicted octanol–water partition coefficient (Wildman–Crippen LogP) is 6.33. The molecule has 1 fully saturated rings. The van der Waals surface area contributed by atoms with Gasteiger partial charge in [0.15, 0.2) is 6.10 Å². The molecule has 0 amide bonds. The summed E-state index contributed by atoms with van der Waals surface area (Å²) >= 11 is 0. The Labute approximate surface area is 312 Å². The third-order valence-electron chi connectivity index (χ3n) is 9.36. The molecule has 0 aromatic rings. The summed E-state index contributed by atoms with van der Waals surface area (Å²) in [6, 6.07) is 0. The second-order valence-corrected chi connectivity index (χ2v) is 15.5. The van der Waals surface area contributed by atoms with E-state index in [1.165, 1.54) is 64.2 Å². The van der Waals surface area contributed by atoms with Gasteiger partial charge in [0.05, 0.1) is 6.61 Å². The summed E-state index contributed by atoms with van der Waals surface area (Å²) in [7, 11) is -5.10. The third-order valence-corrected chi connectivity index (χ3v) is 10.3. The van der Waals surface area contributed by atoms with Crippen LogP contribution in [0, 0.1) is 0 Å². The lowest BCUT2D eigenvalue weighted by molar-refractivity contribution is -0.220. The van der Waals surface area contributed by atoms with Crippen LogP contribution in [-0.4, -0.2) is 98.3 Å². The van der Waals surface area contributed by atoms with Gasteiger partial charge < -0.3 is 39.9 Å². The average molecular weight is 767 g/mol. The maximum Gasteiger partial charge on any atom is 0.472 e. The number of phosphoric ester groups is 1. The van der Waals surface area contributed by atoms with E-state index in [1.807, 2.05) is 0 Å². The van der Waals surface area contributed by atoms with E-state index in [1.54, 1.807) is 0 Å². The molecular formula is C38H71O13P. The van der Waals surface area contributed by atoms with Crippen molar-refractivity contribution in [2.75, 3.05) is 13.2 Å². The van der Waals surface area contributed by atoms with E-state index in [4.69, 9.17) is 18.5 Å². The molecule has 0 aromatic heterocycles. The quantitative estimate of drug-likeness (QED) is 0.0192. The van der Waals surface area contributed by atoms with Gasteiger partial charge in [0.1, 0.15) is 43.2 Å². The van der Waals surface area contributed by atoms with Crippen molar-refractivity contribution in [1.82, 2.24) is 0 Å². The zero-order valence-corrected chi connectivity index (χ0v) is 32.8. The van der Waals surface area contributed by atoms with Gasteiger partial charge in [-0.1, -0.05) is 122 Å². The molecule has 0 radical (unpaired) electrons. The Bertz CT molecular complexity index is 980. The topological polar surface area (TPSA) is 210 Å². The van der Waals surface area contributed by atoms with Crippen LogP contribution < -0.4 is 0 Å². The summed E-state index contributed by atoms with van der Waals surface area (Å²) in [4.78, 5) is 35.4. The Balaban J connectivity index is 2.53. The van der Waals surface area contributed by atoms with Gasteiger partial charge >= 0.3 is 19.8 Å². The SMILES string of the molecule is CCCCCCC/C=C/CCCCCCCC(=O)O[C@H](COC(=O)CCCCCCCCCCC)COP(=O)(O)OC1C(O)C(O)C(O)[C@@H](O)C1O. The molecule has 1 aliphatic carbocycles. The summed E-state index contributed by atoms with van der Waals surface area (Å²) in [5.74, 6) is -1.11. The Morgan fingerprint density at radius 2 is 0.981 bits per heavy atom. The molecule has 0 spiro atoms. The summed E-state index contributed by atoms with van der Waals surface area (Å²) in [5.41, 5.74) is 0. The van der Waals surface area contributed by atoms with Crippen LogP contribution in [0.5, 0.6) is 0 Å². The number of ether oxygens (including phenoxy) is 2. The Hall–Kier alpha value is -1.41. The molecule has 14 heteroatoms. The lowest BCUT2D eigenvalue weighted by Crippen LogP contribution is -2.64. The number of phosphoric acid groups is 1. The molecule has 1 aliphatic rings. The Kier molecular flexibility index (Phi) is 27.9. The largest absolute Gasteiger partial charge is 0.472 e. The molecule has 0 aliphatic heterocycles. The van der Waals surface area contributed by atoms with Crippen molar-refractivity contribution in [2.24, 2.45) is 0 Å². The van der Waals surface area contributed by atoms with Crippen molar-refractivity contribution in [3.63, 3.8) is 0 Å². The van der Waals surface area contributed by atoms with E-state index < -0.39 is 75.7 Å². The first kappa shape index (κ1) is 48.6. The maximum absolute atomic E-state index is 12.7. The molecule has 6 N–H and O–H groups in total. The summed E-state index contributed by atoms with van der Waals surface area (Å²) in [6.07, 6.45) is 14.4. The van der Waals surface area contributed by atoms with Gasteiger partial charge in [-0.2, -0.15) is 0 Å². The van der Waals surface area contributed by atoms with Crippen molar-refractivity contribution in [2.45, 2.75) is 204 Å². The lowest BCUT2D eigenvalue weighted by Gasteiger charge is -2.41. The zero-order chi connectivity index (χ0) is 38.6. The van der Waals surface area contributed by atoms with Crippen LogP contribution in [0.15, 0.2) is 12.2 Å². The number of rotatable bonds is 32. The van der Waals surface area contributed by atoms with Crippen molar-refractivity contribution in [1.29, 1.82) is 0 Å². The van der Waals surface area contributed by atoms with Crippen LogP contribution in [0.1, 0.15) is 162 Å². The Morgan fingerprint density at radius 1 is 0.577 bits per heavy atom. The second kappa shape index (κ2) is 29.9. The molecule has 0 saturated heterocycles. The number of aliphatic hydroxyl groups excluding tert-OH is 5. The normalized spacial score (nSPS) is 23.8. The number of hydrogen-bond donors (Lipinski definition) is 6. The van der Waals surface area contributed by atoms with Gasteiger partial charge in [-0.05, 0) is 38.5 Å². The predicted molar refractivity (Wildman–Crippen MR) is 198 cm³/mol. The fourth-order valence-electron chi connectivity index (χ4n) is 6.05. The number of hydrogen-bond acceptors (Lipinski definition) is 12. The van der Waals surface area contributed by atoms with Crippen molar-refractivity contribution >= 4 is 19.8 Å². The zero-order valence-electron chi connectivity index (χ0n) is 31.9. The van der Waals surface area contributed by atoms with Crippen molar-refractivity contribution in [3.05, 3.63) is 12.2 Å². The molecular weight excluding hydrogens is 695 g/mol. The van der Waals surface area contributed by atoms with Gasteiger partial charge in [0.25, 0.3) is 0 Å². The minimum atomic E-state index is -5.10. The molecule has 0 bridgehead atoms. The number of aliphatic hydroxyl groups is 5. The fraction of sp³-hybridized carbons (Fsp3) is 0.895. The van der Waals surface area contributed by atoms with Gasteiger partial charge in [0, 0.05) is 12.8 Å². The smallest absolute Gasteiger partial charge is 0.462 e. The first-order valence-corrected chi connectivity index (χ1v) is 21.5.